The maximum absolute atomic E-state index is 13.5. The molecule has 4 aromatic carbocycles. The summed E-state index contributed by atoms with van der Waals surface area (Å²) in [5.41, 5.74) is 0.399. The zero-order valence-electron chi connectivity index (χ0n) is 20.3. The van der Waals surface area contributed by atoms with Gasteiger partial charge in [0.1, 0.15) is 0 Å². The van der Waals surface area contributed by atoms with E-state index in [1.807, 2.05) is 0 Å². The zero-order chi connectivity index (χ0) is 27.6. The van der Waals surface area contributed by atoms with Gasteiger partial charge in [-0.15, -0.1) is 22.7 Å². The highest BCUT2D eigenvalue weighted by Gasteiger charge is 2.27. The Kier molecular flexibility index (Phi) is 5.63. The molecule has 0 aliphatic carbocycles. The van der Waals surface area contributed by atoms with Crippen molar-refractivity contribution in [3.63, 3.8) is 0 Å². The van der Waals surface area contributed by atoms with Gasteiger partial charge in [-0.05, 0) is 38.1 Å². The largest absolute Gasteiger partial charge is 0.478 e. The highest BCUT2D eigenvalue weighted by atomic mass is 32.1. The van der Waals surface area contributed by atoms with Crippen LogP contribution in [-0.4, -0.2) is 44.1 Å². The Morgan fingerprint density at radius 2 is 1.08 bits per heavy atom. The molecule has 0 radical (unpaired) electrons. The molecule has 2 heterocycles. The summed E-state index contributed by atoms with van der Waals surface area (Å²) in [6, 6.07) is 12.1. The first kappa shape index (κ1) is 24.6. The molecule has 0 atom stereocenters. The van der Waals surface area contributed by atoms with Crippen molar-refractivity contribution >= 4 is 88.5 Å². The lowest BCUT2D eigenvalue weighted by Crippen LogP contribution is -2.15. The number of hydrogen-bond donors (Lipinski definition) is 2. The average molecular weight is 557 g/mol. The number of aryl methyl sites for hydroxylation is 2. The molecule has 6 rings (SSSR count). The molecule has 0 aliphatic rings. The van der Waals surface area contributed by atoms with E-state index >= 15 is 0 Å². The van der Waals surface area contributed by atoms with E-state index in [1.165, 1.54) is 46.9 Å². The van der Waals surface area contributed by atoms with E-state index in [1.54, 1.807) is 38.1 Å². The summed E-state index contributed by atoms with van der Waals surface area (Å²) in [5.74, 6) is -4.66. The predicted molar refractivity (Wildman–Crippen MR) is 147 cm³/mol. The highest BCUT2D eigenvalue weighted by molar-refractivity contribution is 7.19. The van der Waals surface area contributed by atoms with Gasteiger partial charge in [-0.2, -0.15) is 0 Å². The van der Waals surface area contributed by atoms with Gasteiger partial charge in [0.25, 0.3) is 0 Å². The SMILES string of the molecule is Cc1nc2cc(C(=O)OC(=O)c3cc4nc(C)sc4c4cccc(C(=O)O)c34)c3c(C(=O)O)cccc3c2s1. The second-order valence-electron chi connectivity index (χ2n) is 8.75. The van der Waals surface area contributed by atoms with Crippen molar-refractivity contribution in [3.8, 4) is 0 Å². The van der Waals surface area contributed by atoms with Crippen LogP contribution in [0.1, 0.15) is 51.4 Å². The smallest absolute Gasteiger partial charge is 0.346 e. The Hall–Kier alpha value is -4.74. The number of aromatic carboxylic acids is 2. The molecule has 0 spiro atoms. The number of carboxylic acids is 2. The molecule has 0 bridgehead atoms. The summed E-state index contributed by atoms with van der Waals surface area (Å²) in [7, 11) is 0. The normalized spacial score (nSPS) is 11.4. The number of carboxylic acid groups (broad SMARTS) is 2. The number of esters is 2. The second kappa shape index (κ2) is 8.93. The number of aromatic nitrogens is 2. The first-order chi connectivity index (χ1) is 18.6. The molecule has 39 heavy (non-hydrogen) atoms. The van der Waals surface area contributed by atoms with E-state index in [-0.39, 0.29) is 33.0 Å². The van der Waals surface area contributed by atoms with Crippen molar-refractivity contribution < 1.29 is 34.1 Å². The molecule has 2 aromatic heterocycles. The van der Waals surface area contributed by atoms with Crippen LogP contribution in [-0.2, 0) is 4.74 Å². The van der Waals surface area contributed by atoms with Gasteiger partial charge in [-0.3, -0.25) is 0 Å². The topological polar surface area (TPSA) is 144 Å². The van der Waals surface area contributed by atoms with Gasteiger partial charge in [-0.25, -0.2) is 29.1 Å². The van der Waals surface area contributed by atoms with Crippen molar-refractivity contribution in [1.82, 2.24) is 9.97 Å². The number of benzene rings is 4. The number of carbonyl (C=O) groups excluding carboxylic acids is 2. The predicted octanol–water partition coefficient (Wildman–Crippen LogP) is 6.22. The Balaban J connectivity index is 1.54. The molecule has 0 amide bonds. The fraction of sp³-hybridized carbons (Fsp3) is 0.0714. The molecular formula is C28H16N2O7S2. The quantitative estimate of drug-likeness (QED) is 0.191. The summed E-state index contributed by atoms with van der Waals surface area (Å²) in [5, 5.41) is 22.3. The maximum Gasteiger partial charge on any atom is 0.346 e. The van der Waals surface area contributed by atoms with Gasteiger partial charge >= 0.3 is 23.9 Å². The van der Waals surface area contributed by atoms with Gasteiger partial charge in [0.2, 0.25) is 0 Å². The lowest BCUT2D eigenvalue weighted by molar-refractivity contribution is 0.0400. The van der Waals surface area contributed by atoms with Gasteiger partial charge in [-0.1, -0.05) is 24.3 Å². The minimum absolute atomic E-state index is 0.126. The summed E-state index contributed by atoms with van der Waals surface area (Å²) in [4.78, 5) is 60.0. The molecule has 192 valence electrons. The monoisotopic (exact) mass is 556 g/mol. The zero-order valence-corrected chi connectivity index (χ0v) is 21.9. The molecular weight excluding hydrogens is 540 g/mol. The number of nitrogens with zero attached hydrogens (tertiary/aromatic N) is 2. The number of rotatable bonds is 4. The second-order valence-corrected chi connectivity index (χ2v) is 11.2. The van der Waals surface area contributed by atoms with Crippen LogP contribution < -0.4 is 0 Å². The molecule has 0 aliphatic heterocycles. The van der Waals surface area contributed by atoms with Crippen LogP contribution in [0.25, 0.3) is 42.0 Å². The minimum atomic E-state index is -1.25. The molecule has 0 saturated heterocycles. The standard InChI is InChI=1S/C28H16N2O7S2/c1-11-29-19-9-17(21-13(23(19)38-11)5-3-7-15(21)25(31)32)27(35)37-28(36)18-10-20-24(39-12(2)30-20)14-6-4-8-16(22(14)18)26(33)34/h3-10H,1-2H3,(H,31,32)(H,33,34). The Morgan fingerprint density at radius 3 is 1.46 bits per heavy atom. The molecule has 9 nitrogen and oxygen atoms in total. The summed E-state index contributed by atoms with van der Waals surface area (Å²) < 4.78 is 6.71. The Bertz CT molecular complexity index is 1930. The summed E-state index contributed by atoms with van der Waals surface area (Å²) in [6.45, 7) is 3.58. The van der Waals surface area contributed by atoms with E-state index in [0.29, 0.717) is 41.2 Å². The first-order valence-corrected chi connectivity index (χ1v) is 13.2. The Morgan fingerprint density at radius 1 is 0.667 bits per heavy atom. The van der Waals surface area contributed by atoms with Crippen LogP contribution in [0.4, 0.5) is 0 Å². The number of fused-ring (bicyclic) bond motifs is 6. The van der Waals surface area contributed by atoms with E-state index in [9.17, 15) is 29.4 Å². The molecule has 0 saturated carbocycles. The fourth-order valence-electron chi connectivity index (χ4n) is 4.82. The van der Waals surface area contributed by atoms with Crippen LogP contribution in [0.2, 0.25) is 0 Å². The third kappa shape index (κ3) is 3.90. The minimum Gasteiger partial charge on any atom is -0.478 e. The van der Waals surface area contributed by atoms with Gasteiger partial charge in [0, 0.05) is 21.5 Å². The number of hydrogen-bond acceptors (Lipinski definition) is 9. The molecule has 2 N–H and O–H groups in total. The van der Waals surface area contributed by atoms with Crippen molar-refractivity contribution in [2.24, 2.45) is 0 Å². The maximum atomic E-state index is 13.5. The van der Waals surface area contributed by atoms with E-state index < -0.39 is 23.9 Å². The summed E-state index contributed by atoms with van der Waals surface area (Å²) >= 11 is 2.71. The van der Waals surface area contributed by atoms with Crippen molar-refractivity contribution in [2.75, 3.05) is 0 Å². The third-order valence-electron chi connectivity index (χ3n) is 6.33. The van der Waals surface area contributed by atoms with Crippen molar-refractivity contribution in [3.05, 3.63) is 80.8 Å². The average Bonchev–Trinajstić information content (AvgIpc) is 3.47. The molecule has 6 aromatic rings. The van der Waals surface area contributed by atoms with Gasteiger partial charge in [0.15, 0.2) is 0 Å². The highest BCUT2D eigenvalue weighted by Crippen LogP contribution is 2.37. The van der Waals surface area contributed by atoms with Crippen LogP contribution in [0, 0.1) is 13.8 Å². The van der Waals surface area contributed by atoms with Crippen LogP contribution in [0.15, 0.2) is 48.5 Å². The summed E-state index contributed by atoms with van der Waals surface area (Å²) in [6.07, 6.45) is 0. The van der Waals surface area contributed by atoms with E-state index in [0.717, 1.165) is 0 Å². The van der Waals surface area contributed by atoms with Gasteiger partial charge < -0.3 is 14.9 Å². The van der Waals surface area contributed by atoms with Crippen LogP contribution in [0.3, 0.4) is 0 Å². The van der Waals surface area contributed by atoms with Crippen molar-refractivity contribution in [1.29, 1.82) is 0 Å². The fourth-order valence-corrected chi connectivity index (χ4v) is 6.68. The lowest BCUT2D eigenvalue weighted by Gasteiger charge is -2.12. The third-order valence-corrected chi connectivity index (χ3v) is 8.37. The lowest BCUT2D eigenvalue weighted by atomic mass is 9.97. The Labute approximate surface area is 226 Å². The number of thiazole rings is 2. The number of ether oxygens (including phenoxy) is 1. The van der Waals surface area contributed by atoms with Crippen LogP contribution >= 0.6 is 22.7 Å². The first-order valence-electron chi connectivity index (χ1n) is 11.5. The van der Waals surface area contributed by atoms with Crippen molar-refractivity contribution in [2.45, 2.75) is 13.8 Å². The molecule has 0 fully saturated rings. The number of carbonyl (C=O) groups is 4. The van der Waals surface area contributed by atoms with Crippen LogP contribution in [0.5, 0.6) is 0 Å². The molecule has 0 unspecified atom stereocenters. The van der Waals surface area contributed by atoms with Gasteiger partial charge in [0.05, 0.1) is 52.7 Å². The van der Waals surface area contributed by atoms with E-state index in [4.69, 9.17) is 4.74 Å². The van der Waals surface area contributed by atoms with E-state index in [2.05, 4.69) is 9.97 Å². The molecule has 11 heteroatoms.